The van der Waals surface area contributed by atoms with Gasteiger partial charge < -0.3 is 19.7 Å². The van der Waals surface area contributed by atoms with Crippen LogP contribution in [0.4, 0.5) is 23.5 Å². The Kier molecular flexibility index (Phi) is 10.4. The molecule has 0 amide bonds. The van der Waals surface area contributed by atoms with Crippen molar-refractivity contribution in [3.05, 3.63) is 124 Å². The van der Waals surface area contributed by atoms with Crippen LogP contribution in [0.3, 0.4) is 0 Å². The van der Waals surface area contributed by atoms with Gasteiger partial charge in [0, 0.05) is 28.8 Å². The topological polar surface area (TPSA) is 96.8 Å². The van der Waals surface area contributed by atoms with Gasteiger partial charge in [0.05, 0.1) is 13.3 Å². The third-order valence-electron chi connectivity index (χ3n) is 7.81. The first-order valence-electron chi connectivity index (χ1n) is 15.3. The maximum absolute atomic E-state index is 6.12. The van der Waals surface area contributed by atoms with Gasteiger partial charge in [0.2, 0.25) is 17.8 Å². The lowest BCUT2D eigenvalue weighted by Gasteiger charge is -2.32. The molecule has 1 aliphatic heterocycles. The van der Waals surface area contributed by atoms with E-state index in [4.69, 9.17) is 19.4 Å². The number of aromatic nitrogens is 3. The first-order chi connectivity index (χ1) is 22.6. The maximum Gasteiger partial charge on any atom is 0.250 e. The molecule has 1 aromatic heterocycles. The summed E-state index contributed by atoms with van der Waals surface area (Å²) in [4.78, 5) is 16.4. The van der Waals surface area contributed by atoms with Crippen molar-refractivity contribution < 1.29 is 9.47 Å². The van der Waals surface area contributed by atoms with Crippen LogP contribution in [0.5, 0.6) is 11.5 Å². The average molecular weight is 679 g/mol. The van der Waals surface area contributed by atoms with Gasteiger partial charge in [-0.3, -0.25) is 0 Å². The lowest BCUT2D eigenvalue weighted by Crippen LogP contribution is -2.35. The molecule has 1 aliphatic rings. The van der Waals surface area contributed by atoms with Gasteiger partial charge in [0.25, 0.3) is 0 Å². The minimum absolute atomic E-state index is 0.338. The lowest BCUT2D eigenvalue weighted by molar-refractivity contribution is 0.306. The molecule has 1 saturated heterocycles. The number of nitrogens with one attached hydrogen (secondary N) is 2. The van der Waals surface area contributed by atoms with Crippen molar-refractivity contribution in [2.75, 3.05) is 35.8 Å². The molecule has 0 saturated carbocycles. The predicted octanol–water partition coefficient (Wildman–Crippen LogP) is 7.87. The van der Waals surface area contributed by atoms with Crippen LogP contribution in [-0.2, 0) is 13.0 Å². The molecule has 0 unspecified atom stereocenters. The molecule has 2 N–H and O–H groups in total. The van der Waals surface area contributed by atoms with Crippen LogP contribution in [0.1, 0.15) is 29.5 Å². The third-order valence-corrected chi connectivity index (χ3v) is 8.30. The number of hydrazone groups is 1. The van der Waals surface area contributed by atoms with Crippen LogP contribution in [0.15, 0.2) is 113 Å². The summed E-state index contributed by atoms with van der Waals surface area (Å²) in [6.45, 7) is 2.19. The van der Waals surface area contributed by atoms with Crippen LogP contribution in [-0.4, -0.2) is 41.4 Å². The number of rotatable bonds is 12. The van der Waals surface area contributed by atoms with Gasteiger partial charge in [-0.2, -0.15) is 20.1 Å². The van der Waals surface area contributed by atoms with E-state index >= 15 is 0 Å². The number of anilines is 4. The average Bonchev–Trinajstić information content (AvgIpc) is 3.09. The fraction of sp³-hybridized carbons (Fsp3) is 0.222. The number of hydrogen-bond donors (Lipinski definition) is 2. The molecule has 1 fully saturated rings. The summed E-state index contributed by atoms with van der Waals surface area (Å²) < 4.78 is 12.3. The van der Waals surface area contributed by atoms with Crippen molar-refractivity contribution in [1.82, 2.24) is 15.0 Å². The fourth-order valence-corrected chi connectivity index (χ4v) is 5.73. The van der Waals surface area contributed by atoms with Crippen LogP contribution in [0, 0.1) is 5.92 Å². The minimum atomic E-state index is 0.338. The molecule has 5 aromatic rings. The van der Waals surface area contributed by atoms with Crippen LogP contribution < -0.4 is 25.1 Å². The number of benzene rings is 4. The van der Waals surface area contributed by atoms with Gasteiger partial charge in [-0.05, 0) is 78.8 Å². The number of methoxy groups -OCH3 is 1. The summed E-state index contributed by atoms with van der Waals surface area (Å²) in [7, 11) is 1.65. The first-order valence-corrected chi connectivity index (χ1v) is 16.1. The van der Waals surface area contributed by atoms with Gasteiger partial charge in [-0.25, -0.2) is 5.43 Å². The van der Waals surface area contributed by atoms with E-state index in [1.165, 1.54) is 5.56 Å². The zero-order valence-electron chi connectivity index (χ0n) is 25.6. The Hall–Kier alpha value is -4.96. The quantitative estimate of drug-likeness (QED) is 0.102. The highest BCUT2D eigenvalue weighted by Gasteiger charge is 2.22. The van der Waals surface area contributed by atoms with Crippen molar-refractivity contribution in [3.63, 3.8) is 0 Å². The molecule has 2 heterocycles. The van der Waals surface area contributed by atoms with Crippen molar-refractivity contribution >= 4 is 45.7 Å². The van der Waals surface area contributed by atoms with Crippen LogP contribution in [0.25, 0.3) is 0 Å². The summed E-state index contributed by atoms with van der Waals surface area (Å²) in [5.74, 6) is 3.49. The van der Waals surface area contributed by atoms with E-state index in [0.717, 1.165) is 59.4 Å². The van der Waals surface area contributed by atoms with E-state index in [2.05, 4.69) is 72.0 Å². The van der Waals surface area contributed by atoms with Gasteiger partial charge in [0.15, 0.2) is 0 Å². The zero-order chi connectivity index (χ0) is 31.6. The van der Waals surface area contributed by atoms with Gasteiger partial charge in [-0.15, -0.1) is 0 Å². The molecule has 4 aromatic carbocycles. The standard InChI is InChI=1S/C36H36BrN7O2/c1-45-32-15-13-31(14-16-32)39-34-40-35(42-36(41-34)44-20-18-27(19-21-44)22-26-8-4-2-5-9-26)43-38-24-29-23-30(37)12-17-33(29)46-25-28-10-6-3-7-11-28/h2-17,23-24,27H,18-22,25H2,1H3,(H2,39,40,41,42,43)/b38-24+. The SMILES string of the molecule is COc1ccc(Nc2nc(N/N=C/c3cc(Br)ccc3OCc3ccccc3)nc(N3CCC(Cc4ccccc4)CC3)n2)cc1. The van der Waals surface area contributed by atoms with Crippen LogP contribution in [0.2, 0.25) is 0 Å². The second-order valence-corrected chi connectivity index (χ2v) is 12.0. The Balaban J connectivity index is 1.18. The number of nitrogens with zero attached hydrogens (tertiary/aromatic N) is 5. The zero-order valence-corrected chi connectivity index (χ0v) is 27.2. The highest BCUT2D eigenvalue weighted by Crippen LogP contribution is 2.27. The van der Waals surface area contributed by atoms with E-state index in [0.29, 0.717) is 36.1 Å². The molecule has 0 radical (unpaired) electrons. The Bertz CT molecular complexity index is 1730. The van der Waals surface area contributed by atoms with E-state index in [1.54, 1.807) is 13.3 Å². The second-order valence-electron chi connectivity index (χ2n) is 11.1. The number of piperidine rings is 1. The molecule has 234 valence electrons. The Morgan fingerprint density at radius 3 is 2.26 bits per heavy atom. The van der Waals surface area contributed by atoms with Crippen LogP contribution >= 0.6 is 15.9 Å². The molecule has 0 bridgehead atoms. The smallest absolute Gasteiger partial charge is 0.250 e. The highest BCUT2D eigenvalue weighted by atomic mass is 79.9. The molecule has 0 atom stereocenters. The molecule has 6 rings (SSSR count). The summed E-state index contributed by atoms with van der Waals surface area (Å²) in [5.41, 5.74) is 7.15. The Morgan fingerprint density at radius 2 is 1.54 bits per heavy atom. The second kappa shape index (κ2) is 15.4. The van der Waals surface area contributed by atoms with Gasteiger partial charge >= 0.3 is 0 Å². The summed E-state index contributed by atoms with van der Waals surface area (Å²) >= 11 is 3.56. The van der Waals surface area contributed by atoms with E-state index in [9.17, 15) is 0 Å². The largest absolute Gasteiger partial charge is 0.497 e. The monoisotopic (exact) mass is 677 g/mol. The molecular weight excluding hydrogens is 642 g/mol. The molecule has 9 nitrogen and oxygen atoms in total. The van der Waals surface area contributed by atoms with Gasteiger partial charge in [-0.1, -0.05) is 76.6 Å². The molecule has 46 heavy (non-hydrogen) atoms. The first kappa shape index (κ1) is 31.0. The van der Waals surface area contributed by atoms with Crippen molar-refractivity contribution in [1.29, 1.82) is 0 Å². The highest BCUT2D eigenvalue weighted by molar-refractivity contribution is 9.10. The minimum Gasteiger partial charge on any atom is -0.497 e. The van der Waals surface area contributed by atoms with E-state index in [1.807, 2.05) is 72.8 Å². The molecular formula is C36H36BrN7O2. The predicted molar refractivity (Wildman–Crippen MR) is 187 cm³/mol. The molecule has 0 aliphatic carbocycles. The molecule has 0 spiro atoms. The lowest BCUT2D eigenvalue weighted by atomic mass is 9.90. The number of hydrogen-bond acceptors (Lipinski definition) is 9. The summed E-state index contributed by atoms with van der Waals surface area (Å²) in [6, 6.07) is 34.2. The van der Waals surface area contributed by atoms with Crippen molar-refractivity contribution in [2.45, 2.75) is 25.9 Å². The van der Waals surface area contributed by atoms with Crippen molar-refractivity contribution in [2.24, 2.45) is 11.0 Å². The summed E-state index contributed by atoms with van der Waals surface area (Å²) in [6.07, 6.45) is 4.93. The van der Waals surface area contributed by atoms with E-state index < -0.39 is 0 Å². The normalized spacial score (nSPS) is 13.5. The Labute approximate surface area is 277 Å². The van der Waals surface area contributed by atoms with Gasteiger partial charge in [0.1, 0.15) is 18.1 Å². The molecule has 10 heteroatoms. The number of ether oxygens (including phenoxy) is 2. The van der Waals surface area contributed by atoms with E-state index in [-0.39, 0.29) is 0 Å². The van der Waals surface area contributed by atoms with Crippen molar-refractivity contribution in [3.8, 4) is 11.5 Å². The third kappa shape index (κ3) is 8.60. The summed E-state index contributed by atoms with van der Waals surface area (Å²) in [5, 5.41) is 7.80. The Morgan fingerprint density at radius 1 is 0.848 bits per heavy atom. The maximum atomic E-state index is 6.12. The number of halogens is 1. The fourth-order valence-electron chi connectivity index (χ4n) is 5.35.